The highest BCUT2D eigenvalue weighted by Gasteiger charge is 2.27. The minimum atomic E-state index is -0.360. The fourth-order valence-electron chi connectivity index (χ4n) is 3.59. The lowest BCUT2D eigenvalue weighted by Gasteiger charge is -2.26. The second-order valence-corrected chi connectivity index (χ2v) is 7.09. The summed E-state index contributed by atoms with van der Waals surface area (Å²) < 4.78 is 19.4. The first kappa shape index (κ1) is 19.1. The van der Waals surface area contributed by atoms with Crippen molar-refractivity contribution >= 4 is 12.1 Å². The van der Waals surface area contributed by atoms with Gasteiger partial charge in [0.05, 0.1) is 6.21 Å². The molecule has 0 bridgehead atoms. The molecule has 1 aromatic heterocycles. The number of benzene rings is 1. The summed E-state index contributed by atoms with van der Waals surface area (Å²) in [4.78, 5) is 4.34. The first-order valence-corrected chi connectivity index (χ1v) is 9.65. The number of hydrogen-bond donors (Lipinski definition) is 1. The van der Waals surface area contributed by atoms with Crippen molar-refractivity contribution in [3.05, 3.63) is 47.2 Å². The quantitative estimate of drug-likeness (QED) is 0.510. The average molecular weight is 368 g/mol. The molecule has 0 saturated heterocycles. The molecule has 0 radical (unpaired) electrons. The number of hydrazone groups is 1. The minimum absolute atomic E-state index is 0.184. The number of nitrogens with zero attached hydrogens (tertiary/aromatic N) is 3. The van der Waals surface area contributed by atoms with Gasteiger partial charge in [0.2, 0.25) is 11.6 Å². The Hall–Kier alpha value is -2.68. The lowest BCUT2D eigenvalue weighted by Crippen LogP contribution is -2.13. The van der Waals surface area contributed by atoms with Crippen molar-refractivity contribution in [1.82, 2.24) is 4.98 Å². The number of rotatable bonds is 7. The van der Waals surface area contributed by atoms with Crippen molar-refractivity contribution < 1.29 is 8.81 Å². The molecule has 5 nitrogen and oxygen atoms in total. The number of nitriles is 1. The summed E-state index contributed by atoms with van der Waals surface area (Å²) in [6, 6.07) is 8.37. The van der Waals surface area contributed by atoms with Crippen LogP contribution in [0.25, 0.3) is 0 Å². The van der Waals surface area contributed by atoms with E-state index in [-0.39, 0.29) is 23.3 Å². The molecule has 3 rings (SSSR count). The van der Waals surface area contributed by atoms with E-state index >= 15 is 0 Å². The van der Waals surface area contributed by atoms with Gasteiger partial charge in [-0.25, -0.2) is 14.8 Å². The van der Waals surface area contributed by atoms with E-state index in [4.69, 9.17) is 4.42 Å². The predicted octanol–water partition coefficient (Wildman–Crippen LogP) is 5.60. The third-order valence-corrected chi connectivity index (χ3v) is 5.19. The highest BCUT2D eigenvalue weighted by atomic mass is 19.1. The van der Waals surface area contributed by atoms with Crippen molar-refractivity contribution in [3.63, 3.8) is 0 Å². The molecule has 2 aromatic rings. The molecule has 1 saturated carbocycles. The Morgan fingerprint density at radius 2 is 2.11 bits per heavy atom. The van der Waals surface area contributed by atoms with E-state index in [1.54, 1.807) is 18.2 Å². The number of anilines is 1. The van der Waals surface area contributed by atoms with Crippen LogP contribution in [-0.4, -0.2) is 11.2 Å². The van der Waals surface area contributed by atoms with E-state index in [0.717, 1.165) is 18.8 Å². The van der Waals surface area contributed by atoms with Gasteiger partial charge in [0, 0.05) is 11.5 Å². The highest BCUT2D eigenvalue weighted by Crippen LogP contribution is 2.38. The summed E-state index contributed by atoms with van der Waals surface area (Å²) in [6.45, 7) is 2.23. The van der Waals surface area contributed by atoms with Gasteiger partial charge in [0.1, 0.15) is 11.9 Å². The highest BCUT2D eigenvalue weighted by molar-refractivity contribution is 5.80. The number of aromatic nitrogens is 1. The molecule has 0 spiro atoms. The molecule has 0 atom stereocenters. The van der Waals surface area contributed by atoms with Crippen LogP contribution < -0.4 is 5.43 Å². The van der Waals surface area contributed by atoms with Crippen molar-refractivity contribution in [1.29, 1.82) is 5.26 Å². The Bertz CT molecular complexity index is 816. The first-order chi connectivity index (χ1) is 13.2. The van der Waals surface area contributed by atoms with Gasteiger partial charge >= 0.3 is 0 Å². The van der Waals surface area contributed by atoms with Gasteiger partial charge in [-0.3, -0.25) is 0 Å². The predicted molar refractivity (Wildman–Crippen MR) is 103 cm³/mol. The molecule has 1 aliphatic rings. The van der Waals surface area contributed by atoms with Crippen molar-refractivity contribution in [3.8, 4) is 6.07 Å². The van der Waals surface area contributed by atoms with Gasteiger partial charge in [-0.05, 0) is 37.7 Å². The van der Waals surface area contributed by atoms with Crippen LogP contribution in [0.2, 0.25) is 0 Å². The molecule has 27 heavy (non-hydrogen) atoms. The summed E-state index contributed by atoms with van der Waals surface area (Å²) in [5.74, 6) is 1.51. The Morgan fingerprint density at radius 3 is 2.81 bits per heavy atom. The van der Waals surface area contributed by atoms with E-state index in [2.05, 4.69) is 22.4 Å². The zero-order chi connectivity index (χ0) is 19.1. The monoisotopic (exact) mass is 368 g/mol. The van der Waals surface area contributed by atoms with E-state index < -0.39 is 0 Å². The van der Waals surface area contributed by atoms with E-state index in [9.17, 15) is 9.65 Å². The maximum Gasteiger partial charge on any atom is 0.252 e. The molecule has 1 fully saturated rings. The van der Waals surface area contributed by atoms with Crippen molar-refractivity contribution in [2.24, 2.45) is 11.0 Å². The first-order valence-electron chi connectivity index (χ1n) is 9.65. The third-order valence-electron chi connectivity index (χ3n) is 5.19. The maximum atomic E-state index is 13.6. The number of halogens is 1. The fraction of sp³-hybridized carbons (Fsp3) is 0.476. The van der Waals surface area contributed by atoms with Crippen LogP contribution in [0, 0.1) is 23.1 Å². The molecule has 1 heterocycles. The molecule has 1 aromatic carbocycles. The van der Waals surface area contributed by atoms with Gasteiger partial charge in [-0.15, -0.1) is 0 Å². The smallest absolute Gasteiger partial charge is 0.252 e. The summed E-state index contributed by atoms with van der Waals surface area (Å²) >= 11 is 0. The Kier molecular flexibility index (Phi) is 6.59. The SMILES string of the molecule is CCCCC1CCC(c2nc(C#N)c(N/N=C/c3ccccc3F)o2)CC1. The molecular weight excluding hydrogens is 343 g/mol. The third kappa shape index (κ3) is 4.94. The molecule has 1 N–H and O–H groups in total. The molecule has 0 amide bonds. The van der Waals surface area contributed by atoms with Crippen LogP contribution in [0.4, 0.5) is 10.3 Å². The molecular formula is C21H25FN4O. The molecule has 142 valence electrons. The Morgan fingerprint density at radius 1 is 1.33 bits per heavy atom. The van der Waals surface area contributed by atoms with Gasteiger partial charge in [-0.1, -0.05) is 44.4 Å². The second-order valence-electron chi connectivity index (χ2n) is 7.09. The minimum Gasteiger partial charge on any atom is -0.422 e. The van der Waals surface area contributed by atoms with Crippen LogP contribution >= 0.6 is 0 Å². The zero-order valence-electron chi connectivity index (χ0n) is 15.6. The number of oxazole rings is 1. The van der Waals surface area contributed by atoms with Gasteiger partial charge < -0.3 is 4.42 Å². The maximum absolute atomic E-state index is 13.6. The average Bonchev–Trinajstić information content (AvgIpc) is 3.11. The Labute approximate surface area is 159 Å². The molecule has 1 aliphatic carbocycles. The van der Waals surface area contributed by atoms with Crippen LogP contribution in [0.5, 0.6) is 0 Å². The standard InChI is InChI=1S/C21H25FN4O/c1-2-3-6-15-9-11-16(12-10-15)20-25-19(13-23)21(27-20)26-24-14-17-7-4-5-8-18(17)22/h4-5,7-8,14-16,26H,2-3,6,9-12H2,1H3/b24-14+. The topological polar surface area (TPSA) is 74.2 Å². The van der Waals surface area contributed by atoms with Gasteiger partial charge in [0.15, 0.2) is 0 Å². The summed E-state index contributed by atoms with van der Waals surface area (Å²) in [7, 11) is 0. The van der Waals surface area contributed by atoms with E-state index in [1.807, 2.05) is 6.07 Å². The van der Waals surface area contributed by atoms with Crippen molar-refractivity contribution in [2.75, 3.05) is 5.43 Å². The zero-order valence-corrected chi connectivity index (χ0v) is 15.6. The summed E-state index contributed by atoms with van der Waals surface area (Å²) in [6.07, 6.45) is 9.64. The van der Waals surface area contributed by atoms with Gasteiger partial charge in [0.25, 0.3) is 5.88 Å². The normalized spacial score (nSPS) is 19.9. The number of nitrogens with one attached hydrogen (secondary N) is 1. The van der Waals surface area contributed by atoms with E-state index in [1.165, 1.54) is 44.4 Å². The van der Waals surface area contributed by atoms with Crippen molar-refractivity contribution in [2.45, 2.75) is 57.8 Å². The van der Waals surface area contributed by atoms with Crippen LogP contribution in [0.1, 0.15) is 74.9 Å². The molecule has 6 heteroatoms. The fourth-order valence-corrected chi connectivity index (χ4v) is 3.59. The van der Waals surface area contributed by atoms with Gasteiger partial charge in [-0.2, -0.15) is 10.4 Å². The largest absolute Gasteiger partial charge is 0.422 e. The summed E-state index contributed by atoms with van der Waals surface area (Å²) in [5, 5.41) is 13.3. The summed E-state index contributed by atoms with van der Waals surface area (Å²) in [5.41, 5.74) is 3.23. The molecule has 0 aliphatic heterocycles. The molecule has 0 unspecified atom stereocenters. The Balaban J connectivity index is 1.62. The van der Waals surface area contributed by atoms with Crippen LogP contribution in [0.3, 0.4) is 0 Å². The number of hydrogen-bond acceptors (Lipinski definition) is 5. The lowest BCUT2D eigenvalue weighted by atomic mass is 9.80. The van der Waals surface area contributed by atoms with E-state index in [0.29, 0.717) is 11.5 Å². The number of unbranched alkanes of at least 4 members (excludes halogenated alkanes) is 1. The lowest BCUT2D eigenvalue weighted by molar-refractivity contribution is 0.278. The van der Waals surface area contributed by atoms with Crippen LogP contribution in [0.15, 0.2) is 33.8 Å². The second kappa shape index (κ2) is 9.31. The van der Waals surface area contributed by atoms with Crippen LogP contribution in [-0.2, 0) is 0 Å².